The van der Waals surface area contributed by atoms with Gasteiger partial charge in [0.15, 0.2) is 0 Å². The summed E-state index contributed by atoms with van der Waals surface area (Å²) in [6.07, 6.45) is 0. The molecule has 1 atom stereocenters. The van der Waals surface area contributed by atoms with Gasteiger partial charge in [0.2, 0.25) is 0 Å². The topological polar surface area (TPSA) is 12.0 Å². The summed E-state index contributed by atoms with van der Waals surface area (Å²) in [5.74, 6) is 0.520. The maximum absolute atomic E-state index is 5.98. The number of nitrogens with one attached hydrogen (secondary N) is 1. The van der Waals surface area contributed by atoms with E-state index in [-0.39, 0.29) is 6.04 Å². The van der Waals surface area contributed by atoms with Gasteiger partial charge in [-0.1, -0.05) is 43.6 Å². The summed E-state index contributed by atoms with van der Waals surface area (Å²) in [5, 5.41) is 5.68. The summed E-state index contributed by atoms with van der Waals surface area (Å²) in [4.78, 5) is 0. The second-order valence-electron chi connectivity index (χ2n) is 4.79. The summed E-state index contributed by atoms with van der Waals surface area (Å²) < 4.78 is 0.843. The van der Waals surface area contributed by atoms with Gasteiger partial charge in [0.1, 0.15) is 0 Å². The zero-order valence-electron chi connectivity index (χ0n) is 10.9. The number of benzene rings is 1. The van der Waals surface area contributed by atoms with Gasteiger partial charge in [-0.2, -0.15) is 0 Å². The van der Waals surface area contributed by atoms with Crippen LogP contribution in [0.4, 0.5) is 5.69 Å². The molecule has 0 aliphatic heterocycles. The lowest BCUT2D eigenvalue weighted by atomic mass is 10.0. The molecule has 2 rings (SSSR count). The highest BCUT2D eigenvalue weighted by molar-refractivity contribution is 7.14. The number of hydrogen-bond acceptors (Lipinski definition) is 2. The summed E-state index contributed by atoms with van der Waals surface area (Å²) in [6.45, 7) is 6.59. The van der Waals surface area contributed by atoms with Crippen LogP contribution in [0.15, 0.2) is 35.7 Å². The van der Waals surface area contributed by atoms with Gasteiger partial charge in [-0.3, -0.25) is 0 Å². The van der Waals surface area contributed by atoms with Gasteiger partial charge in [-0.15, -0.1) is 11.3 Å². The van der Waals surface area contributed by atoms with Crippen LogP contribution in [0, 0.1) is 0 Å². The summed E-state index contributed by atoms with van der Waals surface area (Å²) in [7, 11) is 0. The Bertz CT molecular complexity index is 519. The summed E-state index contributed by atoms with van der Waals surface area (Å²) in [6, 6.07) is 10.8. The maximum atomic E-state index is 5.98. The second kappa shape index (κ2) is 5.77. The van der Waals surface area contributed by atoms with Gasteiger partial charge in [-0.25, -0.2) is 0 Å². The van der Waals surface area contributed by atoms with E-state index in [2.05, 4.69) is 55.7 Å². The zero-order valence-corrected chi connectivity index (χ0v) is 12.5. The van der Waals surface area contributed by atoms with E-state index in [0.717, 1.165) is 4.34 Å². The Balaban J connectivity index is 2.19. The Morgan fingerprint density at radius 2 is 1.89 bits per heavy atom. The van der Waals surface area contributed by atoms with Crippen LogP contribution in [0.3, 0.4) is 0 Å². The molecule has 0 aliphatic carbocycles. The maximum Gasteiger partial charge on any atom is 0.0931 e. The highest BCUT2D eigenvalue weighted by Crippen LogP contribution is 2.30. The average molecular weight is 280 g/mol. The highest BCUT2D eigenvalue weighted by Gasteiger charge is 2.11. The number of thiophene rings is 1. The molecule has 0 saturated carbocycles. The molecule has 0 radical (unpaired) electrons. The zero-order chi connectivity index (χ0) is 13.1. The fourth-order valence-corrected chi connectivity index (χ4v) is 2.98. The first-order valence-corrected chi connectivity index (χ1v) is 7.43. The molecule has 0 amide bonds. The van der Waals surface area contributed by atoms with E-state index in [1.54, 1.807) is 11.3 Å². The van der Waals surface area contributed by atoms with Gasteiger partial charge in [0.05, 0.1) is 4.34 Å². The molecule has 18 heavy (non-hydrogen) atoms. The minimum Gasteiger partial charge on any atom is -0.378 e. The standard InChI is InChI=1S/C15H18ClNS/c1-10(2)13-6-4-5-7-14(13)17-11(3)12-8-15(16)18-9-12/h4-11,17H,1-3H3. The minimum atomic E-state index is 0.272. The van der Waals surface area contributed by atoms with Crippen LogP contribution in [-0.4, -0.2) is 0 Å². The van der Waals surface area contributed by atoms with Crippen molar-refractivity contribution >= 4 is 28.6 Å². The molecule has 1 nitrogen and oxygen atoms in total. The first kappa shape index (κ1) is 13.4. The van der Waals surface area contributed by atoms with Crippen LogP contribution >= 0.6 is 22.9 Å². The van der Waals surface area contributed by atoms with E-state index < -0.39 is 0 Å². The van der Waals surface area contributed by atoms with Crippen molar-refractivity contribution in [3.8, 4) is 0 Å². The Kier molecular flexibility index (Phi) is 4.31. The lowest BCUT2D eigenvalue weighted by molar-refractivity contribution is 0.843. The van der Waals surface area contributed by atoms with Gasteiger partial charge in [0.25, 0.3) is 0 Å². The first-order chi connectivity index (χ1) is 8.58. The molecular weight excluding hydrogens is 262 g/mol. The fourth-order valence-electron chi connectivity index (χ4n) is 2.00. The van der Waals surface area contributed by atoms with E-state index >= 15 is 0 Å². The van der Waals surface area contributed by atoms with Crippen LogP contribution in [0.5, 0.6) is 0 Å². The lowest BCUT2D eigenvalue weighted by Crippen LogP contribution is -2.08. The van der Waals surface area contributed by atoms with E-state index in [9.17, 15) is 0 Å². The van der Waals surface area contributed by atoms with E-state index in [1.165, 1.54) is 16.8 Å². The quantitative estimate of drug-likeness (QED) is 0.757. The molecule has 0 spiro atoms. The van der Waals surface area contributed by atoms with Crippen molar-refractivity contribution in [2.24, 2.45) is 0 Å². The Morgan fingerprint density at radius 3 is 2.50 bits per heavy atom. The molecule has 0 aliphatic rings. The van der Waals surface area contributed by atoms with Crippen molar-refractivity contribution in [3.63, 3.8) is 0 Å². The molecule has 96 valence electrons. The van der Waals surface area contributed by atoms with Crippen molar-refractivity contribution in [2.45, 2.75) is 32.7 Å². The molecule has 1 N–H and O–H groups in total. The van der Waals surface area contributed by atoms with Crippen molar-refractivity contribution in [1.82, 2.24) is 0 Å². The average Bonchev–Trinajstić information content (AvgIpc) is 2.76. The third-order valence-electron chi connectivity index (χ3n) is 3.04. The number of para-hydroxylation sites is 1. The molecular formula is C15H18ClNS. The van der Waals surface area contributed by atoms with Crippen LogP contribution < -0.4 is 5.32 Å². The monoisotopic (exact) mass is 279 g/mol. The highest BCUT2D eigenvalue weighted by atomic mass is 35.5. The SMILES string of the molecule is CC(C)c1ccccc1NC(C)c1csc(Cl)c1. The first-order valence-electron chi connectivity index (χ1n) is 6.17. The van der Waals surface area contributed by atoms with Crippen molar-refractivity contribution in [2.75, 3.05) is 5.32 Å². The van der Waals surface area contributed by atoms with Gasteiger partial charge in [-0.05, 0) is 41.5 Å². The Morgan fingerprint density at radius 1 is 1.17 bits per heavy atom. The minimum absolute atomic E-state index is 0.272. The molecule has 3 heteroatoms. The van der Waals surface area contributed by atoms with E-state index in [4.69, 9.17) is 11.6 Å². The molecule has 0 bridgehead atoms. The third kappa shape index (κ3) is 3.06. The van der Waals surface area contributed by atoms with Crippen LogP contribution in [0.25, 0.3) is 0 Å². The van der Waals surface area contributed by atoms with Crippen molar-refractivity contribution < 1.29 is 0 Å². The molecule has 2 aromatic rings. The molecule has 0 fully saturated rings. The van der Waals surface area contributed by atoms with E-state index in [0.29, 0.717) is 5.92 Å². The molecule has 1 aromatic carbocycles. The van der Waals surface area contributed by atoms with Gasteiger partial charge >= 0.3 is 0 Å². The second-order valence-corrected chi connectivity index (χ2v) is 6.33. The third-order valence-corrected chi connectivity index (χ3v) is 4.15. The van der Waals surface area contributed by atoms with Crippen LogP contribution in [0.2, 0.25) is 4.34 Å². The molecule has 1 unspecified atom stereocenters. The number of anilines is 1. The Hall–Kier alpha value is -0.990. The number of halogens is 1. The Labute approximate surface area is 118 Å². The largest absolute Gasteiger partial charge is 0.378 e. The van der Waals surface area contributed by atoms with Crippen LogP contribution in [-0.2, 0) is 0 Å². The van der Waals surface area contributed by atoms with Crippen molar-refractivity contribution in [3.05, 3.63) is 51.2 Å². The van der Waals surface area contributed by atoms with Gasteiger partial charge in [0, 0.05) is 11.7 Å². The fraction of sp³-hybridized carbons (Fsp3) is 0.333. The summed E-state index contributed by atoms with van der Waals surface area (Å²) >= 11 is 7.56. The molecule has 1 heterocycles. The van der Waals surface area contributed by atoms with E-state index in [1.807, 2.05) is 6.07 Å². The predicted octanol–water partition coefficient (Wildman–Crippen LogP) is 5.70. The molecule has 1 aromatic heterocycles. The van der Waals surface area contributed by atoms with Gasteiger partial charge < -0.3 is 5.32 Å². The predicted molar refractivity (Wildman–Crippen MR) is 81.9 cm³/mol. The molecule has 0 saturated heterocycles. The smallest absolute Gasteiger partial charge is 0.0931 e. The normalized spacial score (nSPS) is 12.7. The van der Waals surface area contributed by atoms with Crippen LogP contribution in [0.1, 0.15) is 43.9 Å². The summed E-state index contributed by atoms with van der Waals surface area (Å²) in [5.41, 5.74) is 3.80. The number of hydrogen-bond donors (Lipinski definition) is 1. The lowest BCUT2D eigenvalue weighted by Gasteiger charge is -2.19. The number of rotatable bonds is 4. The van der Waals surface area contributed by atoms with Crippen molar-refractivity contribution in [1.29, 1.82) is 0 Å².